The summed E-state index contributed by atoms with van der Waals surface area (Å²) in [7, 11) is 1.04. The number of hydrogen-bond acceptors (Lipinski definition) is 7. The molecule has 13 heteroatoms. The molecule has 0 spiro atoms. The van der Waals surface area contributed by atoms with E-state index >= 15 is 0 Å². The number of ether oxygens (including phenoxy) is 3. The lowest BCUT2D eigenvalue weighted by atomic mass is 10.2. The van der Waals surface area contributed by atoms with Crippen LogP contribution in [0, 0.1) is 10.1 Å². The Morgan fingerprint density at radius 1 is 1.39 bits per heavy atom. The Kier molecular flexibility index (Phi) is 7.71. The van der Waals surface area contributed by atoms with Crippen LogP contribution < -0.4 is 9.47 Å². The molecule has 1 heterocycles. The molecule has 1 aromatic carbocycles. The molecule has 170 valence electrons. The van der Waals surface area contributed by atoms with Gasteiger partial charge in [0.1, 0.15) is 10.8 Å². The number of carbonyl (C=O) groups is 1. The van der Waals surface area contributed by atoms with Gasteiger partial charge in [0.15, 0.2) is 11.8 Å². The van der Waals surface area contributed by atoms with Gasteiger partial charge in [-0.1, -0.05) is 24.9 Å². The fraction of sp³-hybridized carbons (Fsp3) is 0.444. The molecule has 1 atom stereocenters. The number of nitro benzene ring substituents is 1. The van der Waals surface area contributed by atoms with Crippen LogP contribution in [0.25, 0.3) is 0 Å². The summed E-state index contributed by atoms with van der Waals surface area (Å²) in [6.07, 6.45) is -4.50. The summed E-state index contributed by atoms with van der Waals surface area (Å²) >= 11 is 5.74. The zero-order valence-electron chi connectivity index (χ0n) is 16.7. The van der Waals surface area contributed by atoms with Crippen molar-refractivity contribution in [3.63, 3.8) is 0 Å². The van der Waals surface area contributed by atoms with Crippen LogP contribution in [-0.2, 0) is 22.8 Å². The van der Waals surface area contributed by atoms with Gasteiger partial charge < -0.3 is 14.2 Å². The Morgan fingerprint density at radius 3 is 2.61 bits per heavy atom. The molecule has 0 saturated heterocycles. The van der Waals surface area contributed by atoms with Crippen LogP contribution in [0.2, 0.25) is 5.02 Å². The van der Waals surface area contributed by atoms with Gasteiger partial charge in [0.05, 0.1) is 11.5 Å². The fourth-order valence-electron chi connectivity index (χ4n) is 2.43. The standard InChI is InChI=1S/C18H19ClF3N3O6/c1-4-5-8-29-17(26)10(2)30-13-9-11(6-7-12(13)25(27)28)31-16-14(19)15(18(20,21)22)24(3)23-16/h6-7,9-10H,4-5,8H2,1-3H3. The van der Waals surface area contributed by atoms with Crippen LogP contribution in [0.15, 0.2) is 18.2 Å². The van der Waals surface area contributed by atoms with Gasteiger partial charge >= 0.3 is 17.8 Å². The number of benzene rings is 1. The second-order valence-electron chi connectivity index (χ2n) is 6.36. The topological polar surface area (TPSA) is 106 Å². The summed E-state index contributed by atoms with van der Waals surface area (Å²) in [5.74, 6) is -1.76. The number of nitro groups is 1. The number of esters is 1. The molecule has 0 N–H and O–H groups in total. The summed E-state index contributed by atoms with van der Waals surface area (Å²) in [5, 5.41) is 14.1. The number of hydrogen-bond donors (Lipinski definition) is 0. The van der Waals surface area contributed by atoms with Crippen molar-refractivity contribution in [2.45, 2.75) is 39.0 Å². The number of halogens is 4. The molecule has 2 rings (SSSR count). The van der Waals surface area contributed by atoms with E-state index < -0.39 is 45.5 Å². The van der Waals surface area contributed by atoms with Gasteiger partial charge in [-0.05, 0) is 19.4 Å². The van der Waals surface area contributed by atoms with E-state index in [4.69, 9.17) is 25.8 Å². The number of aryl methyl sites for hydroxylation is 1. The highest BCUT2D eigenvalue weighted by molar-refractivity contribution is 6.32. The molecule has 2 aromatic rings. The largest absolute Gasteiger partial charge is 0.472 e. The van der Waals surface area contributed by atoms with Crippen LogP contribution in [0.4, 0.5) is 18.9 Å². The maximum Gasteiger partial charge on any atom is 0.434 e. The van der Waals surface area contributed by atoms with E-state index in [0.717, 1.165) is 31.7 Å². The Labute approximate surface area is 179 Å². The van der Waals surface area contributed by atoms with E-state index in [2.05, 4.69) is 5.10 Å². The SMILES string of the molecule is CCCCOC(=O)C(C)Oc1cc(Oc2nn(C)c(C(F)(F)F)c2Cl)ccc1[N+](=O)[O-]. The lowest BCUT2D eigenvalue weighted by Crippen LogP contribution is -2.26. The molecule has 0 bridgehead atoms. The van der Waals surface area contributed by atoms with Crippen molar-refractivity contribution < 1.29 is 37.1 Å². The zero-order chi connectivity index (χ0) is 23.3. The monoisotopic (exact) mass is 465 g/mol. The highest BCUT2D eigenvalue weighted by Crippen LogP contribution is 2.41. The summed E-state index contributed by atoms with van der Waals surface area (Å²) in [4.78, 5) is 22.5. The van der Waals surface area contributed by atoms with E-state index in [1.165, 1.54) is 6.92 Å². The average molecular weight is 466 g/mol. The van der Waals surface area contributed by atoms with Gasteiger partial charge in [-0.15, -0.1) is 5.10 Å². The maximum atomic E-state index is 13.1. The van der Waals surface area contributed by atoms with Crippen molar-refractivity contribution in [2.24, 2.45) is 7.05 Å². The van der Waals surface area contributed by atoms with Gasteiger partial charge in [-0.25, -0.2) is 4.79 Å². The quantitative estimate of drug-likeness (QED) is 0.224. The summed E-state index contributed by atoms with van der Waals surface area (Å²) in [5.41, 5.74) is -1.70. The van der Waals surface area contributed by atoms with Crippen LogP contribution in [0.1, 0.15) is 32.4 Å². The molecule has 0 saturated carbocycles. The lowest BCUT2D eigenvalue weighted by molar-refractivity contribution is -0.386. The average Bonchev–Trinajstić information content (AvgIpc) is 2.94. The Bertz CT molecular complexity index is 964. The van der Waals surface area contributed by atoms with Gasteiger partial charge in [0, 0.05) is 19.2 Å². The first-order valence-corrected chi connectivity index (χ1v) is 9.42. The van der Waals surface area contributed by atoms with E-state index in [0.29, 0.717) is 11.1 Å². The number of rotatable bonds is 9. The number of unbranched alkanes of at least 4 members (excludes halogenated alkanes) is 1. The molecule has 31 heavy (non-hydrogen) atoms. The third-order valence-corrected chi connectivity index (χ3v) is 4.29. The van der Waals surface area contributed by atoms with E-state index in [1.54, 1.807) is 0 Å². The minimum absolute atomic E-state index is 0.138. The van der Waals surface area contributed by atoms with Crippen molar-refractivity contribution >= 4 is 23.3 Å². The fourth-order valence-corrected chi connectivity index (χ4v) is 2.74. The number of alkyl halides is 3. The first kappa shape index (κ1) is 24.3. The minimum atomic E-state index is -4.77. The van der Waals surface area contributed by atoms with Crippen LogP contribution >= 0.6 is 11.6 Å². The summed E-state index contributed by atoms with van der Waals surface area (Å²) < 4.78 is 55.3. The molecule has 1 unspecified atom stereocenters. The molecular formula is C18H19ClF3N3O6. The third kappa shape index (κ3) is 6.00. The Morgan fingerprint density at radius 2 is 2.06 bits per heavy atom. The molecule has 9 nitrogen and oxygen atoms in total. The highest BCUT2D eigenvalue weighted by Gasteiger charge is 2.39. The van der Waals surface area contributed by atoms with Gasteiger partial charge in [0.25, 0.3) is 5.88 Å². The molecule has 0 aliphatic carbocycles. The molecule has 0 aliphatic heterocycles. The molecule has 1 aromatic heterocycles. The number of aromatic nitrogens is 2. The smallest absolute Gasteiger partial charge is 0.434 e. The van der Waals surface area contributed by atoms with Crippen molar-refractivity contribution in [2.75, 3.05) is 6.61 Å². The zero-order valence-corrected chi connectivity index (χ0v) is 17.5. The van der Waals surface area contributed by atoms with Gasteiger partial charge in [0.2, 0.25) is 5.75 Å². The van der Waals surface area contributed by atoms with Crippen molar-refractivity contribution in [3.8, 4) is 17.4 Å². The predicted octanol–water partition coefficient (Wildman–Crippen LogP) is 4.90. The maximum absolute atomic E-state index is 13.1. The van der Waals surface area contributed by atoms with Crippen LogP contribution in [0.3, 0.4) is 0 Å². The van der Waals surface area contributed by atoms with Crippen LogP contribution in [0.5, 0.6) is 17.4 Å². The molecule has 0 radical (unpaired) electrons. The van der Waals surface area contributed by atoms with Crippen LogP contribution in [-0.4, -0.2) is 33.4 Å². The number of nitrogens with zero attached hydrogens (tertiary/aromatic N) is 3. The molecular weight excluding hydrogens is 447 g/mol. The number of carbonyl (C=O) groups excluding carboxylic acids is 1. The summed E-state index contributed by atoms with van der Waals surface area (Å²) in [6, 6.07) is 3.20. The van der Waals surface area contributed by atoms with Gasteiger partial charge in [-0.2, -0.15) is 13.2 Å². The molecule has 0 fully saturated rings. The second-order valence-corrected chi connectivity index (χ2v) is 6.74. The molecule has 0 aliphatic rings. The van der Waals surface area contributed by atoms with E-state index in [9.17, 15) is 28.1 Å². The van der Waals surface area contributed by atoms with E-state index in [1.807, 2.05) is 6.92 Å². The first-order chi connectivity index (χ1) is 14.5. The summed E-state index contributed by atoms with van der Waals surface area (Å²) in [6.45, 7) is 3.43. The van der Waals surface area contributed by atoms with Crippen molar-refractivity contribution in [1.29, 1.82) is 0 Å². The predicted molar refractivity (Wildman–Crippen MR) is 102 cm³/mol. The van der Waals surface area contributed by atoms with E-state index in [-0.39, 0.29) is 18.1 Å². The normalized spacial score (nSPS) is 12.4. The highest BCUT2D eigenvalue weighted by atomic mass is 35.5. The minimum Gasteiger partial charge on any atom is -0.472 e. The third-order valence-electron chi connectivity index (χ3n) is 3.95. The Balaban J connectivity index is 2.28. The second kappa shape index (κ2) is 9.86. The van der Waals surface area contributed by atoms with Crippen molar-refractivity contribution in [1.82, 2.24) is 9.78 Å². The Hall–Kier alpha value is -3.02. The molecule has 0 amide bonds. The van der Waals surface area contributed by atoms with Crippen molar-refractivity contribution in [3.05, 3.63) is 39.0 Å². The lowest BCUT2D eigenvalue weighted by Gasteiger charge is -2.14. The van der Waals surface area contributed by atoms with Gasteiger partial charge in [-0.3, -0.25) is 14.8 Å². The first-order valence-electron chi connectivity index (χ1n) is 9.05.